The molecule has 2 heterocycles. The highest BCUT2D eigenvalue weighted by molar-refractivity contribution is 5.75. The molecule has 1 unspecified atom stereocenters. The highest BCUT2D eigenvalue weighted by Crippen LogP contribution is 2.38. The van der Waals surface area contributed by atoms with E-state index in [-0.39, 0.29) is 17.3 Å². The molecule has 0 bridgehead atoms. The molecular formula is C21H31N3O3. The standard InChI is InChI=1S/C21H31N3O3/c1-5-6-7-11-22-19(25)24-12-10-16(14-21(24,2)3)15-8-9-17-18(13-15)27-20(26)23(17)4/h8-9,13,16H,5-7,10-12,14H2,1-4H3,(H,22,25). The summed E-state index contributed by atoms with van der Waals surface area (Å²) in [5.74, 6) is 0.0103. The third-order valence-electron chi connectivity index (χ3n) is 5.77. The van der Waals surface area contributed by atoms with Crippen molar-refractivity contribution in [2.24, 2.45) is 7.05 Å². The Labute approximate surface area is 160 Å². The number of likely N-dealkylation sites (tertiary alicyclic amines) is 1. The molecule has 2 aromatic rings. The smallest absolute Gasteiger partial charge is 0.408 e. The summed E-state index contributed by atoms with van der Waals surface area (Å²) in [7, 11) is 1.72. The van der Waals surface area contributed by atoms with Crippen LogP contribution in [-0.4, -0.2) is 34.1 Å². The second-order valence-corrected chi connectivity index (χ2v) is 8.25. The van der Waals surface area contributed by atoms with E-state index >= 15 is 0 Å². The Balaban J connectivity index is 1.69. The number of hydrogen-bond donors (Lipinski definition) is 1. The molecule has 1 N–H and O–H groups in total. The predicted octanol–water partition coefficient (Wildman–Crippen LogP) is 3.99. The third kappa shape index (κ3) is 4.04. The molecule has 2 amide bonds. The van der Waals surface area contributed by atoms with Gasteiger partial charge in [0.1, 0.15) is 0 Å². The number of carbonyl (C=O) groups is 1. The zero-order chi connectivity index (χ0) is 19.6. The van der Waals surface area contributed by atoms with Gasteiger partial charge in [-0.05, 0) is 56.7 Å². The van der Waals surface area contributed by atoms with Gasteiger partial charge in [0, 0.05) is 25.7 Å². The maximum absolute atomic E-state index is 12.6. The molecule has 0 aliphatic carbocycles. The zero-order valence-electron chi connectivity index (χ0n) is 16.9. The van der Waals surface area contributed by atoms with Crippen LogP contribution in [0.1, 0.15) is 64.4 Å². The lowest BCUT2D eigenvalue weighted by Crippen LogP contribution is -2.55. The Morgan fingerprint density at radius 3 is 2.81 bits per heavy atom. The average Bonchev–Trinajstić information content (AvgIpc) is 2.91. The number of aromatic nitrogens is 1. The average molecular weight is 373 g/mol. The first-order chi connectivity index (χ1) is 12.8. The zero-order valence-corrected chi connectivity index (χ0v) is 16.9. The fourth-order valence-corrected chi connectivity index (χ4v) is 4.13. The van der Waals surface area contributed by atoms with Crippen molar-refractivity contribution in [2.45, 2.75) is 64.3 Å². The van der Waals surface area contributed by atoms with E-state index in [9.17, 15) is 9.59 Å². The first-order valence-corrected chi connectivity index (χ1v) is 9.98. The Kier molecular flexibility index (Phi) is 5.63. The molecule has 1 aromatic carbocycles. The minimum atomic E-state index is -0.336. The van der Waals surface area contributed by atoms with Gasteiger partial charge in [0.05, 0.1) is 5.52 Å². The summed E-state index contributed by atoms with van der Waals surface area (Å²) in [4.78, 5) is 26.3. The Morgan fingerprint density at radius 1 is 1.33 bits per heavy atom. The Bertz CT molecular complexity index is 865. The van der Waals surface area contributed by atoms with Crippen molar-refractivity contribution in [1.82, 2.24) is 14.8 Å². The minimum Gasteiger partial charge on any atom is -0.408 e. The highest BCUT2D eigenvalue weighted by atomic mass is 16.4. The van der Waals surface area contributed by atoms with Gasteiger partial charge in [-0.1, -0.05) is 25.8 Å². The van der Waals surface area contributed by atoms with Gasteiger partial charge in [0.25, 0.3) is 0 Å². The summed E-state index contributed by atoms with van der Waals surface area (Å²) in [6, 6.07) is 6.06. The number of carbonyl (C=O) groups excluding carboxylic acids is 1. The van der Waals surface area contributed by atoms with Gasteiger partial charge in [-0.3, -0.25) is 4.57 Å². The lowest BCUT2D eigenvalue weighted by Gasteiger charge is -2.45. The molecule has 3 rings (SSSR count). The van der Waals surface area contributed by atoms with E-state index in [1.807, 2.05) is 17.0 Å². The number of oxazole rings is 1. The summed E-state index contributed by atoms with van der Waals surface area (Å²) < 4.78 is 6.86. The van der Waals surface area contributed by atoms with Crippen molar-refractivity contribution < 1.29 is 9.21 Å². The van der Waals surface area contributed by atoms with Crippen molar-refractivity contribution in [1.29, 1.82) is 0 Å². The number of hydrogen-bond acceptors (Lipinski definition) is 3. The molecule has 1 saturated heterocycles. The topological polar surface area (TPSA) is 67.5 Å². The van der Waals surface area contributed by atoms with E-state index in [0.717, 1.165) is 50.7 Å². The van der Waals surface area contributed by atoms with Gasteiger partial charge in [0.15, 0.2) is 5.58 Å². The molecule has 1 aliphatic rings. The third-order valence-corrected chi connectivity index (χ3v) is 5.77. The number of nitrogens with one attached hydrogen (secondary N) is 1. The second-order valence-electron chi connectivity index (χ2n) is 8.25. The molecule has 1 aromatic heterocycles. The first kappa shape index (κ1) is 19.5. The Morgan fingerprint density at radius 2 is 2.11 bits per heavy atom. The lowest BCUT2D eigenvalue weighted by atomic mass is 9.79. The normalized spacial score (nSPS) is 19.4. The van der Waals surface area contributed by atoms with Gasteiger partial charge >= 0.3 is 11.8 Å². The van der Waals surface area contributed by atoms with Crippen molar-refractivity contribution in [3.63, 3.8) is 0 Å². The minimum absolute atomic E-state index is 0.0408. The van der Waals surface area contributed by atoms with Crippen LogP contribution < -0.4 is 11.1 Å². The van der Waals surface area contributed by atoms with E-state index in [0.29, 0.717) is 11.5 Å². The van der Waals surface area contributed by atoms with Gasteiger partial charge < -0.3 is 14.6 Å². The van der Waals surface area contributed by atoms with Crippen LogP contribution in [0.25, 0.3) is 11.1 Å². The van der Waals surface area contributed by atoms with Crippen LogP contribution in [0.3, 0.4) is 0 Å². The summed E-state index contributed by atoms with van der Waals surface area (Å²) >= 11 is 0. The molecular weight excluding hydrogens is 342 g/mol. The Hall–Kier alpha value is -2.24. The quantitative estimate of drug-likeness (QED) is 0.806. The molecule has 1 atom stereocenters. The molecule has 148 valence electrons. The SMILES string of the molecule is CCCCCNC(=O)N1CCC(c2ccc3c(c2)oc(=O)n3C)CC1(C)C. The van der Waals surface area contributed by atoms with Crippen LogP contribution >= 0.6 is 0 Å². The molecule has 0 radical (unpaired) electrons. The van der Waals surface area contributed by atoms with E-state index in [1.54, 1.807) is 7.05 Å². The summed E-state index contributed by atoms with van der Waals surface area (Å²) in [5, 5.41) is 3.07. The van der Waals surface area contributed by atoms with Gasteiger partial charge in [0.2, 0.25) is 0 Å². The predicted molar refractivity (Wildman–Crippen MR) is 107 cm³/mol. The maximum atomic E-state index is 12.6. The fourth-order valence-electron chi connectivity index (χ4n) is 4.13. The number of nitrogens with zero attached hydrogens (tertiary/aromatic N) is 2. The van der Waals surface area contributed by atoms with E-state index in [4.69, 9.17) is 4.42 Å². The van der Waals surface area contributed by atoms with Crippen molar-refractivity contribution in [3.8, 4) is 0 Å². The number of fused-ring (bicyclic) bond motifs is 1. The molecule has 1 aliphatic heterocycles. The van der Waals surface area contributed by atoms with Gasteiger partial charge in [-0.15, -0.1) is 0 Å². The lowest BCUT2D eigenvalue weighted by molar-refractivity contribution is 0.0924. The summed E-state index contributed by atoms with van der Waals surface area (Å²) in [6.45, 7) is 7.89. The van der Waals surface area contributed by atoms with Gasteiger partial charge in [-0.25, -0.2) is 9.59 Å². The second kappa shape index (κ2) is 7.79. The van der Waals surface area contributed by atoms with E-state index in [1.165, 1.54) is 10.1 Å². The maximum Gasteiger partial charge on any atom is 0.419 e. The van der Waals surface area contributed by atoms with Crippen LogP contribution in [0, 0.1) is 0 Å². The van der Waals surface area contributed by atoms with Crippen molar-refractivity contribution in [2.75, 3.05) is 13.1 Å². The fraction of sp³-hybridized carbons (Fsp3) is 0.619. The number of urea groups is 1. The van der Waals surface area contributed by atoms with Crippen LogP contribution in [0.15, 0.2) is 27.4 Å². The van der Waals surface area contributed by atoms with Crippen molar-refractivity contribution >= 4 is 17.1 Å². The van der Waals surface area contributed by atoms with E-state index in [2.05, 4.69) is 32.2 Å². The van der Waals surface area contributed by atoms with Crippen LogP contribution in [0.4, 0.5) is 4.79 Å². The number of aryl methyl sites for hydroxylation is 1. The van der Waals surface area contributed by atoms with Crippen LogP contribution in [-0.2, 0) is 7.05 Å². The number of unbranched alkanes of at least 4 members (excludes halogenated alkanes) is 2. The molecule has 0 saturated carbocycles. The molecule has 1 fully saturated rings. The largest absolute Gasteiger partial charge is 0.419 e. The highest BCUT2D eigenvalue weighted by Gasteiger charge is 2.38. The monoisotopic (exact) mass is 373 g/mol. The summed E-state index contributed by atoms with van der Waals surface area (Å²) in [5.41, 5.74) is 2.40. The van der Waals surface area contributed by atoms with Crippen molar-refractivity contribution in [3.05, 3.63) is 34.3 Å². The van der Waals surface area contributed by atoms with Crippen LogP contribution in [0.2, 0.25) is 0 Å². The number of amides is 2. The number of rotatable bonds is 5. The molecule has 0 spiro atoms. The number of piperidine rings is 1. The molecule has 6 nitrogen and oxygen atoms in total. The summed E-state index contributed by atoms with van der Waals surface area (Å²) in [6.07, 6.45) is 5.12. The van der Waals surface area contributed by atoms with Gasteiger partial charge in [-0.2, -0.15) is 0 Å². The van der Waals surface area contributed by atoms with E-state index < -0.39 is 0 Å². The number of benzene rings is 1. The van der Waals surface area contributed by atoms with Crippen LogP contribution in [0.5, 0.6) is 0 Å². The molecule has 27 heavy (non-hydrogen) atoms. The molecule has 6 heteroatoms. The first-order valence-electron chi connectivity index (χ1n) is 9.98.